The van der Waals surface area contributed by atoms with E-state index in [1.54, 1.807) is 7.05 Å². The Morgan fingerprint density at radius 3 is 2.91 bits per heavy atom. The van der Waals surface area contributed by atoms with Crippen LogP contribution in [-0.2, 0) is 0 Å². The highest BCUT2D eigenvalue weighted by Crippen LogP contribution is 2.19. The third-order valence-corrected chi connectivity index (χ3v) is 4.98. The number of amides is 1. The van der Waals surface area contributed by atoms with Crippen molar-refractivity contribution in [3.63, 3.8) is 0 Å². The van der Waals surface area contributed by atoms with E-state index in [0.29, 0.717) is 0 Å². The fourth-order valence-corrected chi connectivity index (χ4v) is 3.40. The summed E-state index contributed by atoms with van der Waals surface area (Å²) in [6, 6.07) is 0. The van der Waals surface area contributed by atoms with E-state index in [4.69, 9.17) is 0 Å². The molecule has 2 nitrogen and oxygen atoms in total. The third-order valence-electron chi connectivity index (χ3n) is 2.27. The van der Waals surface area contributed by atoms with Crippen LogP contribution in [0.1, 0.15) is 19.3 Å². The molecule has 1 amide bonds. The molecule has 11 heavy (non-hydrogen) atoms. The van der Waals surface area contributed by atoms with Gasteiger partial charge in [0.2, 0.25) is 0 Å². The predicted octanol–water partition coefficient (Wildman–Crippen LogP) is 1.41. The van der Waals surface area contributed by atoms with E-state index in [-0.39, 0.29) is 5.53 Å². The molecule has 0 aromatic heterocycles. The minimum Gasteiger partial charge on any atom is -0.364 e. The maximum absolute atomic E-state index is 11.2. The molecule has 0 aromatic carbocycles. The zero-order chi connectivity index (χ0) is 8.27. The van der Waals surface area contributed by atoms with Crippen molar-refractivity contribution in [2.24, 2.45) is 0 Å². The molecule has 1 N–H and O–H groups in total. The SMILES string of the molecule is CNC(=O)[SiH](C)C1=CCCC1. The van der Waals surface area contributed by atoms with Crippen LogP contribution in [0.25, 0.3) is 0 Å². The maximum Gasteiger partial charge on any atom is 0.192 e. The molecule has 62 valence electrons. The Hall–Kier alpha value is -0.573. The van der Waals surface area contributed by atoms with Crippen LogP contribution in [0.15, 0.2) is 11.3 Å². The lowest BCUT2D eigenvalue weighted by molar-refractivity contribution is 0.260. The molecule has 1 unspecified atom stereocenters. The third kappa shape index (κ3) is 1.93. The van der Waals surface area contributed by atoms with Crippen molar-refractivity contribution in [1.82, 2.24) is 5.32 Å². The number of nitrogens with one attached hydrogen (secondary N) is 1. The van der Waals surface area contributed by atoms with Gasteiger partial charge in [-0.15, -0.1) is 0 Å². The largest absolute Gasteiger partial charge is 0.364 e. The first-order valence-corrected chi connectivity index (χ1v) is 6.47. The molecule has 0 spiro atoms. The lowest BCUT2D eigenvalue weighted by Gasteiger charge is -2.08. The minimum atomic E-state index is -1.24. The fourth-order valence-electron chi connectivity index (χ4n) is 1.47. The van der Waals surface area contributed by atoms with E-state index in [9.17, 15) is 4.79 Å². The molecule has 0 radical (unpaired) electrons. The van der Waals surface area contributed by atoms with E-state index < -0.39 is 8.80 Å². The number of allylic oxidation sites excluding steroid dienone is 2. The first kappa shape index (κ1) is 8.52. The van der Waals surface area contributed by atoms with Crippen LogP contribution < -0.4 is 5.32 Å². The summed E-state index contributed by atoms with van der Waals surface area (Å²) in [6.07, 6.45) is 5.86. The quantitative estimate of drug-likeness (QED) is 0.622. The second-order valence-electron chi connectivity index (χ2n) is 3.01. The van der Waals surface area contributed by atoms with Gasteiger partial charge < -0.3 is 5.32 Å². The molecule has 3 heteroatoms. The van der Waals surface area contributed by atoms with Gasteiger partial charge in [-0.1, -0.05) is 17.8 Å². The van der Waals surface area contributed by atoms with E-state index in [1.165, 1.54) is 24.5 Å². The summed E-state index contributed by atoms with van der Waals surface area (Å²) >= 11 is 0. The Kier molecular flexibility index (Phi) is 2.88. The summed E-state index contributed by atoms with van der Waals surface area (Å²) in [5, 5.41) is 4.17. The van der Waals surface area contributed by atoms with Crippen LogP contribution in [-0.4, -0.2) is 21.4 Å². The zero-order valence-electron chi connectivity index (χ0n) is 7.18. The molecule has 1 atom stereocenters. The van der Waals surface area contributed by atoms with E-state index in [2.05, 4.69) is 17.9 Å². The molecule has 0 saturated carbocycles. The van der Waals surface area contributed by atoms with Crippen molar-refractivity contribution in [3.05, 3.63) is 11.3 Å². The molecule has 0 saturated heterocycles. The Morgan fingerprint density at radius 1 is 1.73 bits per heavy atom. The summed E-state index contributed by atoms with van der Waals surface area (Å²) in [7, 11) is 0.486. The van der Waals surface area contributed by atoms with Crippen molar-refractivity contribution >= 4 is 14.3 Å². The number of hydrogen-bond acceptors (Lipinski definition) is 1. The van der Waals surface area contributed by atoms with Gasteiger partial charge in [0, 0.05) is 7.05 Å². The van der Waals surface area contributed by atoms with Crippen LogP contribution in [0.4, 0.5) is 4.79 Å². The second-order valence-corrected chi connectivity index (χ2v) is 5.72. The summed E-state index contributed by atoms with van der Waals surface area (Å²) in [4.78, 5) is 11.2. The zero-order valence-corrected chi connectivity index (χ0v) is 8.34. The lowest BCUT2D eigenvalue weighted by atomic mass is 10.4. The van der Waals surface area contributed by atoms with Crippen LogP contribution in [0.5, 0.6) is 0 Å². The Morgan fingerprint density at radius 2 is 2.45 bits per heavy atom. The van der Waals surface area contributed by atoms with Crippen LogP contribution in [0.2, 0.25) is 6.55 Å². The average Bonchev–Trinajstić information content (AvgIpc) is 2.53. The van der Waals surface area contributed by atoms with Gasteiger partial charge >= 0.3 is 0 Å². The summed E-state index contributed by atoms with van der Waals surface area (Å²) < 4.78 is 0. The summed E-state index contributed by atoms with van der Waals surface area (Å²) in [5.74, 6) is 0. The highest BCUT2D eigenvalue weighted by molar-refractivity contribution is 6.94. The van der Waals surface area contributed by atoms with E-state index >= 15 is 0 Å². The predicted molar refractivity (Wildman–Crippen MR) is 49.4 cm³/mol. The molecule has 0 bridgehead atoms. The second kappa shape index (κ2) is 3.71. The topological polar surface area (TPSA) is 29.1 Å². The smallest absolute Gasteiger partial charge is 0.192 e. The van der Waals surface area contributed by atoms with E-state index in [0.717, 1.165) is 0 Å². The molecule has 1 aliphatic rings. The lowest BCUT2D eigenvalue weighted by Crippen LogP contribution is -2.33. The number of rotatable bonds is 2. The summed E-state index contributed by atoms with van der Waals surface area (Å²) in [5.41, 5.74) is 0.276. The monoisotopic (exact) mass is 169 g/mol. The average molecular weight is 169 g/mol. The summed E-state index contributed by atoms with van der Waals surface area (Å²) in [6.45, 7) is 2.11. The molecule has 0 aliphatic heterocycles. The van der Waals surface area contributed by atoms with Crippen LogP contribution in [0.3, 0.4) is 0 Å². The number of hydrogen-bond donors (Lipinski definition) is 1. The highest BCUT2D eigenvalue weighted by Gasteiger charge is 2.19. The van der Waals surface area contributed by atoms with Gasteiger partial charge in [-0.3, -0.25) is 4.79 Å². The van der Waals surface area contributed by atoms with Gasteiger partial charge in [-0.25, -0.2) is 0 Å². The molecule has 0 fully saturated rings. The van der Waals surface area contributed by atoms with Gasteiger partial charge in [-0.05, 0) is 19.3 Å². The van der Waals surface area contributed by atoms with Gasteiger partial charge in [0.1, 0.15) is 0 Å². The van der Waals surface area contributed by atoms with Crippen molar-refractivity contribution in [3.8, 4) is 0 Å². The molecule has 1 aliphatic carbocycles. The van der Waals surface area contributed by atoms with Crippen molar-refractivity contribution in [1.29, 1.82) is 0 Å². The van der Waals surface area contributed by atoms with Crippen molar-refractivity contribution < 1.29 is 4.79 Å². The molecule has 1 rings (SSSR count). The standard InChI is InChI=1S/C8H15NOSi/c1-9-8(10)11(2)7-5-3-4-6-7/h5,11H,3-4,6H2,1-2H3,(H,9,10). The molecule has 0 aromatic rings. The van der Waals surface area contributed by atoms with Gasteiger partial charge in [0.05, 0.1) is 0 Å². The first-order valence-electron chi connectivity index (χ1n) is 4.16. The molecular formula is C8H15NOSi. The minimum absolute atomic E-state index is 0.276. The van der Waals surface area contributed by atoms with E-state index in [1.807, 2.05) is 0 Å². The Balaban J connectivity index is 2.52. The normalized spacial score (nSPS) is 19.3. The van der Waals surface area contributed by atoms with Crippen LogP contribution in [0, 0.1) is 0 Å². The van der Waals surface area contributed by atoms with Crippen molar-refractivity contribution in [2.45, 2.75) is 25.8 Å². The number of carbonyl (C=O) groups is 1. The van der Waals surface area contributed by atoms with Gasteiger partial charge in [-0.2, -0.15) is 0 Å². The first-order chi connectivity index (χ1) is 5.25. The maximum atomic E-state index is 11.2. The van der Waals surface area contributed by atoms with Crippen LogP contribution >= 0.6 is 0 Å². The Labute approximate surface area is 69.3 Å². The molecular weight excluding hydrogens is 154 g/mol. The highest BCUT2D eigenvalue weighted by atomic mass is 28.3. The fraction of sp³-hybridized carbons (Fsp3) is 0.625. The van der Waals surface area contributed by atoms with Gasteiger partial charge in [0.25, 0.3) is 0 Å². The molecule has 0 heterocycles. The Bertz CT molecular complexity index is 189. The van der Waals surface area contributed by atoms with Crippen molar-refractivity contribution in [2.75, 3.05) is 7.05 Å². The van der Waals surface area contributed by atoms with Gasteiger partial charge in [0.15, 0.2) is 14.3 Å². The number of carbonyl (C=O) groups excluding carboxylic acids is 1.